The highest BCUT2D eigenvalue weighted by atomic mass is 16.2. The van der Waals surface area contributed by atoms with Crippen LogP contribution in [0.5, 0.6) is 0 Å². The molecule has 0 spiro atoms. The number of nitrogens with two attached hydrogens (primary N) is 1. The van der Waals surface area contributed by atoms with E-state index < -0.39 is 0 Å². The van der Waals surface area contributed by atoms with Crippen molar-refractivity contribution in [2.24, 2.45) is 22.7 Å². The number of hydrazone groups is 1. The summed E-state index contributed by atoms with van der Waals surface area (Å²) in [5, 5.41) is 6.11. The summed E-state index contributed by atoms with van der Waals surface area (Å²) in [7, 11) is 0. The van der Waals surface area contributed by atoms with Crippen LogP contribution in [0.15, 0.2) is 29.4 Å². The quantitative estimate of drug-likeness (QED) is 0.896. The third-order valence-corrected chi connectivity index (χ3v) is 3.65. The van der Waals surface area contributed by atoms with E-state index in [2.05, 4.69) is 18.9 Å². The molecule has 20 heavy (non-hydrogen) atoms. The van der Waals surface area contributed by atoms with Gasteiger partial charge in [0.15, 0.2) is 0 Å². The predicted octanol–water partition coefficient (Wildman–Crippen LogP) is 2.71. The highest BCUT2D eigenvalue weighted by molar-refractivity contribution is 6.16. The largest absolute Gasteiger partial charge is 0.330 e. The molecule has 1 heterocycles. The first-order chi connectivity index (χ1) is 9.54. The molecular formula is C16H23N3O. The van der Waals surface area contributed by atoms with Crippen molar-refractivity contribution in [2.45, 2.75) is 33.6 Å². The summed E-state index contributed by atoms with van der Waals surface area (Å²) in [6, 6.07) is 7.89. The Hall–Kier alpha value is -1.68. The van der Waals surface area contributed by atoms with Crippen LogP contribution in [0.25, 0.3) is 0 Å². The lowest BCUT2D eigenvalue weighted by Gasteiger charge is -2.15. The van der Waals surface area contributed by atoms with Gasteiger partial charge in [0.2, 0.25) is 0 Å². The van der Waals surface area contributed by atoms with E-state index >= 15 is 0 Å². The Balaban J connectivity index is 2.27. The normalized spacial score (nSPS) is 18.9. The summed E-state index contributed by atoms with van der Waals surface area (Å²) in [5.41, 5.74) is 8.56. The second-order valence-corrected chi connectivity index (χ2v) is 5.65. The van der Waals surface area contributed by atoms with E-state index in [1.807, 2.05) is 31.2 Å². The van der Waals surface area contributed by atoms with Gasteiger partial charge >= 0.3 is 0 Å². The first-order valence-corrected chi connectivity index (χ1v) is 7.23. The molecule has 0 aromatic heterocycles. The van der Waals surface area contributed by atoms with Gasteiger partial charge in [-0.25, -0.2) is 5.01 Å². The third kappa shape index (κ3) is 2.90. The monoisotopic (exact) mass is 273 g/mol. The van der Waals surface area contributed by atoms with Crippen molar-refractivity contribution in [3.63, 3.8) is 0 Å². The molecule has 1 aromatic rings. The third-order valence-electron chi connectivity index (χ3n) is 3.65. The zero-order valence-corrected chi connectivity index (χ0v) is 12.5. The van der Waals surface area contributed by atoms with E-state index in [4.69, 9.17) is 5.73 Å². The van der Waals surface area contributed by atoms with Crippen LogP contribution in [0, 0.1) is 18.8 Å². The van der Waals surface area contributed by atoms with Crippen LogP contribution in [0.2, 0.25) is 0 Å². The molecular weight excluding hydrogens is 250 g/mol. The SMILES string of the molecule is Cc1ccc(N2N=C(C(C)C)C(CCCN)C2=O)cc1. The van der Waals surface area contributed by atoms with E-state index in [1.54, 1.807) is 5.01 Å². The van der Waals surface area contributed by atoms with Crippen molar-refractivity contribution >= 4 is 17.3 Å². The van der Waals surface area contributed by atoms with Gasteiger partial charge in [-0.2, -0.15) is 5.10 Å². The van der Waals surface area contributed by atoms with Gasteiger partial charge in [0.05, 0.1) is 17.3 Å². The van der Waals surface area contributed by atoms with Gasteiger partial charge in [0, 0.05) is 0 Å². The van der Waals surface area contributed by atoms with Crippen molar-refractivity contribution in [1.29, 1.82) is 0 Å². The molecule has 0 saturated heterocycles. The lowest BCUT2D eigenvalue weighted by Crippen LogP contribution is -2.29. The Bertz CT molecular complexity index is 505. The molecule has 108 valence electrons. The molecule has 4 heteroatoms. The Morgan fingerprint density at radius 3 is 2.50 bits per heavy atom. The number of nitrogens with zero attached hydrogens (tertiary/aromatic N) is 2. The molecule has 1 amide bonds. The van der Waals surface area contributed by atoms with E-state index in [1.165, 1.54) is 5.56 Å². The standard InChI is InChI=1S/C16H23N3O/c1-11(2)15-14(5-4-10-17)16(20)19(18-15)13-8-6-12(3)7-9-13/h6-9,11,14H,4-5,10,17H2,1-3H3. The van der Waals surface area contributed by atoms with Crippen molar-refractivity contribution < 1.29 is 4.79 Å². The van der Waals surface area contributed by atoms with Gasteiger partial charge in [-0.05, 0) is 44.4 Å². The molecule has 0 aliphatic carbocycles. The molecule has 2 rings (SSSR count). The molecule has 1 unspecified atom stereocenters. The predicted molar refractivity (Wildman–Crippen MR) is 82.7 cm³/mol. The van der Waals surface area contributed by atoms with Crippen molar-refractivity contribution in [3.05, 3.63) is 29.8 Å². The number of amides is 1. The van der Waals surface area contributed by atoms with E-state index in [9.17, 15) is 4.79 Å². The van der Waals surface area contributed by atoms with Crippen LogP contribution < -0.4 is 10.7 Å². The number of aryl methyl sites for hydroxylation is 1. The fourth-order valence-corrected chi connectivity index (χ4v) is 2.49. The number of carbonyl (C=O) groups excluding carboxylic acids is 1. The smallest absolute Gasteiger partial charge is 0.256 e. The van der Waals surface area contributed by atoms with Crippen LogP contribution in [-0.4, -0.2) is 18.2 Å². The van der Waals surface area contributed by atoms with Gasteiger partial charge in [-0.1, -0.05) is 31.5 Å². The fourth-order valence-electron chi connectivity index (χ4n) is 2.49. The Kier molecular flexibility index (Phi) is 4.55. The molecule has 0 radical (unpaired) electrons. The van der Waals surface area contributed by atoms with E-state index in [0.29, 0.717) is 6.54 Å². The molecule has 1 aromatic carbocycles. The summed E-state index contributed by atoms with van der Waals surface area (Å²) in [6.45, 7) is 6.81. The number of anilines is 1. The summed E-state index contributed by atoms with van der Waals surface area (Å²) in [4.78, 5) is 12.6. The van der Waals surface area contributed by atoms with Gasteiger partial charge in [-0.15, -0.1) is 0 Å². The maximum atomic E-state index is 12.6. The number of benzene rings is 1. The Morgan fingerprint density at radius 1 is 1.30 bits per heavy atom. The number of hydrogen-bond donors (Lipinski definition) is 1. The molecule has 0 saturated carbocycles. The summed E-state index contributed by atoms with van der Waals surface area (Å²) >= 11 is 0. The van der Waals surface area contributed by atoms with Crippen LogP contribution in [0.1, 0.15) is 32.3 Å². The molecule has 0 bridgehead atoms. The van der Waals surface area contributed by atoms with Gasteiger partial charge in [-0.3, -0.25) is 4.79 Å². The molecule has 4 nitrogen and oxygen atoms in total. The number of hydrogen-bond acceptors (Lipinski definition) is 3. The first kappa shape index (κ1) is 14.7. The highest BCUT2D eigenvalue weighted by Gasteiger charge is 2.37. The minimum absolute atomic E-state index is 0.0750. The number of rotatable bonds is 5. The minimum atomic E-state index is -0.111. The van der Waals surface area contributed by atoms with Crippen LogP contribution >= 0.6 is 0 Å². The van der Waals surface area contributed by atoms with Crippen molar-refractivity contribution in [2.75, 3.05) is 11.6 Å². The van der Waals surface area contributed by atoms with Gasteiger partial charge < -0.3 is 5.73 Å². The molecule has 0 fully saturated rings. The maximum Gasteiger partial charge on any atom is 0.256 e. The first-order valence-electron chi connectivity index (χ1n) is 7.23. The molecule has 2 N–H and O–H groups in total. The highest BCUT2D eigenvalue weighted by Crippen LogP contribution is 2.29. The second kappa shape index (κ2) is 6.18. The van der Waals surface area contributed by atoms with Crippen molar-refractivity contribution in [3.8, 4) is 0 Å². The molecule has 1 aliphatic heterocycles. The summed E-state index contributed by atoms with van der Waals surface area (Å²) in [5.74, 6) is 0.239. The zero-order chi connectivity index (χ0) is 14.7. The van der Waals surface area contributed by atoms with Crippen LogP contribution in [0.4, 0.5) is 5.69 Å². The van der Waals surface area contributed by atoms with E-state index in [-0.39, 0.29) is 17.7 Å². The van der Waals surface area contributed by atoms with E-state index in [0.717, 1.165) is 24.2 Å². The molecule has 1 aliphatic rings. The topological polar surface area (TPSA) is 58.7 Å². The summed E-state index contributed by atoms with van der Waals surface area (Å²) in [6.07, 6.45) is 1.64. The summed E-state index contributed by atoms with van der Waals surface area (Å²) < 4.78 is 0. The van der Waals surface area contributed by atoms with Gasteiger partial charge in [0.1, 0.15) is 0 Å². The number of carbonyl (C=O) groups is 1. The Labute approximate surface area is 120 Å². The fraction of sp³-hybridized carbons (Fsp3) is 0.500. The lowest BCUT2D eigenvalue weighted by molar-refractivity contribution is -0.119. The average molecular weight is 273 g/mol. The average Bonchev–Trinajstić information content (AvgIpc) is 2.75. The zero-order valence-electron chi connectivity index (χ0n) is 12.5. The second-order valence-electron chi connectivity index (χ2n) is 5.65. The molecule has 1 atom stereocenters. The van der Waals surface area contributed by atoms with Gasteiger partial charge in [0.25, 0.3) is 5.91 Å². The van der Waals surface area contributed by atoms with Crippen LogP contribution in [0.3, 0.4) is 0 Å². The van der Waals surface area contributed by atoms with Crippen LogP contribution in [-0.2, 0) is 4.79 Å². The van der Waals surface area contributed by atoms with Crippen molar-refractivity contribution in [1.82, 2.24) is 0 Å². The lowest BCUT2D eigenvalue weighted by atomic mass is 9.90. The minimum Gasteiger partial charge on any atom is -0.330 e. The Morgan fingerprint density at radius 2 is 1.95 bits per heavy atom. The maximum absolute atomic E-state index is 12.6.